The first-order valence-electron chi connectivity index (χ1n) is 7.06. The van der Waals surface area contributed by atoms with Crippen molar-refractivity contribution in [3.05, 3.63) is 30.0 Å². The first-order valence-corrected chi connectivity index (χ1v) is 7.88. The van der Waals surface area contributed by atoms with Gasteiger partial charge in [0.25, 0.3) is 0 Å². The summed E-state index contributed by atoms with van der Waals surface area (Å²) >= 11 is 9.88. The van der Waals surface area contributed by atoms with Crippen molar-refractivity contribution in [2.75, 3.05) is 21.2 Å². The maximum Gasteiger partial charge on any atom is 2.00 e. The number of aliphatic imine (C=N–C) groups is 2. The third kappa shape index (κ3) is 5.67. The van der Waals surface area contributed by atoms with Crippen LogP contribution in [0.4, 0.5) is 0 Å². The van der Waals surface area contributed by atoms with Gasteiger partial charge in [-0.25, -0.2) is 0 Å². The molecule has 0 aliphatic rings. The van der Waals surface area contributed by atoms with E-state index in [0.29, 0.717) is 22.8 Å². The van der Waals surface area contributed by atoms with E-state index >= 15 is 0 Å². The number of hydrazone groups is 2. The molecule has 1 radical (unpaired) electrons. The maximum atomic E-state index is 5.86. The Morgan fingerprint density at radius 1 is 1.15 bits per heavy atom. The fourth-order valence-corrected chi connectivity index (χ4v) is 1.93. The minimum Gasteiger partial charge on any atom is -0.741 e. The molecule has 8 nitrogen and oxygen atoms in total. The SMILES string of the molecule is CN=C([S-])N/N=C(/C=N/NC([S-])=NC)c1cc2cccc(OC)c2o1.[Cu+2]. The van der Waals surface area contributed by atoms with E-state index in [-0.39, 0.29) is 27.4 Å². The molecule has 1 aromatic heterocycles. The Morgan fingerprint density at radius 2 is 1.85 bits per heavy atom. The molecule has 0 bridgehead atoms. The second kappa shape index (κ2) is 10.7. The van der Waals surface area contributed by atoms with Crippen molar-refractivity contribution in [2.45, 2.75) is 0 Å². The number of hydrogen-bond acceptors (Lipinski definition) is 8. The average Bonchev–Trinajstić information content (AvgIpc) is 3.07. The number of nitrogens with zero attached hydrogens (tertiary/aromatic N) is 4. The van der Waals surface area contributed by atoms with Crippen LogP contribution in [0.15, 0.2) is 48.9 Å². The molecule has 0 saturated heterocycles. The molecular formula is C15H16CuN6O2S2. The van der Waals surface area contributed by atoms with E-state index in [1.54, 1.807) is 21.2 Å². The molecule has 11 heteroatoms. The normalized spacial score (nSPS) is 13.0. The van der Waals surface area contributed by atoms with Crippen LogP contribution >= 0.6 is 0 Å². The van der Waals surface area contributed by atoms with Crippen LogP contribution in [-0.4, -0.2) is 43.5 Å². The van der Waals surface area contributed by atoms with Crippen LogP contribution in [-0.2, 0) is 42.3 Å². The second-order valence-electron chi connectivity index (χ2n) is 4.53. The van der Waals surface area contributed by atoms with E-state index in [1.165, 1.54) is 6.21 Å². The summed E-state index contributed by atoms with van der Waals surface area (Å²) in [5.41, 5.74) is 6.23. The smallest absolute Gasteiger partial charge is 0.741 e. The minimum absolute atomic E-state index is 0. The third-order valence-corrected chi connectivity index (χ3v) is 3.55. The predicted octanol–water partition coefficient (Wildman–Crippen LogP) is 1.37. The Kier molecular flexibility index (Phi) is 9.00. The molecule has 26 heavy (non-hydrogen) atoms. The topological polar surface area (TPSA) is 95.9 Å². The van der Waals surface area contributed by atoms with E-state index in [1.807, 2.05) is 24.3 Å². The summed E-state index contributed by atoms with van der Waals surface area (Å²) in [5.74, 6) is 1.09. The first kappa shape index (κ1) is 21.8. The van der Waals surface area contributed by atoms with Gasteiger partial charge in [0.2, 0.25) is 0 Å². The number of furan rings is 1. The number of amidine groups is 2. The summed E-state index contributed by atoms with van der Waals surface area (Å²) in [5, 5.41) is 9.50. The molecule has 0 atom stereocenters. The van der Waals surface area contributed by atoms with Gasteiger partial charge in [0.1, 0.15) is 5.71 Å². The fraction of sp³-hybridized carbons (Fsp3) is 0.200. The summed E-state index contributed by atoms with van der Waals surface area (Å²) < 4.78 is 11.2. The predicted molar refractivity (Wildman–Crippen MR) is 106 cm³/mol. The van der Waals surface area contributed by atoms with Crippen molar-refractivity contribution in [3.63, 3.8) is 0 Å². The summed E-state index contributed by atoms with van der Waals surface area (Å²) in [4.78, 5) is 7.59. The van der Waals surface area contributed by atoms with Crippen molar-refractivity contribution in [3.8, 4) is 5.75 Å². The number of fused-ring (bicyclic) bond motifs is 1. The van der Waals surface area contributed by atoms with Crippen LogP contribution in [0.1, 0.15) is 5.76 Å². The second-order valence-corrected chi connectivity index (χ2v) is 5.30. The monoisotopic (exact) mass is 439 g/mol. The van der Waals surface area contributed by atoms with Crippen LogP contribution in [0.2, 0.25) is 0 Å². The van der Waals surface area contributed by atoms with Crippen LogP contribution < -0.4 is 15.6 Å². The standard InChI is InChI=1S/C15H18N6O2S2.Cu/c1-16-14(24)20-18-8-10(19-21-15(25)17-2)12-7-9-5-4-6-11(22-3)13(9)23-12;/h4-8H,1-3H3,(H2,16,20,24)(H2,17,21,25);/q;+2/p-2/b18-8+,19-10-;. The van der Waals surface area contributed by atoms with Gasteiger partial charge in [-0.3, -0.25) is 20.8 Å². The van der Waals surface area contributed by atoms with Gasteiger partial charge in [0, 0.05) is 19.5 Å². The van der Waals surface area contributed by atoms with Gasteiger partial charge in [-0.15, -0.1) is 0 Å². The quantitative estimate of drug-likeness (QED) is 0.240. The molecule has 0 fully saturated rings. The van der Waals surface area contributed by atoms with Crippen LogP contribution in [0.5, 0.6) is 5.75 Å². The van der Waals surface area contributed by atoms with E-state index in [0.717, 1.165) is 5.39 Å². The number of nitrogens with one attached hydrogen (secondary N) is 2. The zero-order chi connectivity index (χ0) is 18.2. The average molecular weight is 440 g/mol. The Balaban J connectivity index is 0.00000338. The molecule has 0 unspecified atom stereocenters. The van der Waals surface area contributed by atoms with E-state index in [2.05, 4.69) is 31.0 Å². The Morgan fingerprint density at radius 3 is 2.50 bits per heavy atom. The van der Waals surface area contributed by atoms with Crippen molar-refractivity contribution in [2.24, 2.45) is 20.2 Å². The molecule has 0 aliphatic heterocycles. The van der Waals surface area contributed by atoms with Gasteiger partial charge < -0.3 is 34.4 Å². The first-order chi connectivity index (χ1) is 12.1. The number of para-hydroxylation sites is 1. The van der Waals surface area contributed by atoms with Gasteiger partial charge >= 0.3 is 17.1 Å². The molecule has 2 rings (SSSR count). The number of hydrogen-bond donors (Lipinski definition) is 2. The van der Waals surface area contributed by atoms with Crippen molar-refractivity contribution in [1.82, 2.24) is 10.9 Å². The number of rotatable bonds is 5. The molecule has 1 heterocycles. The number of methoxy groups -OCH3 is 1. The van der Waals surface area contributed by atoms with Gasteiger partial charge in [0.05, 0.1) is 13.3 Å². The summed E-state index contributed by atoms with van der Waals surface area (Å²) in [6, 6.07) is 7.41. The molecule has 1 aromatic carbocycles. The van der Waals surface area contributed by atoms with E-state index in [9.17, 15) is 0 Å². The van der Waals surface area contributed by atoms with Crippen LogP contribution in [0, 0.1) is 0 Å². The molecule has 0 aliphatic carbocycles. The van der Waals surface area contributed by atoms with Crippen LogP contribution in [0.3, 0.4) is 0 Å². The Labute approximate surface area is 172 Å². The van der Waals surface area contributed by atoms with Crippen LogP contribution in [0.25, 0.3) is 11.0 Å². The molecule has 0 spiro atoms. The molecular weight excluding hydrogens is 424 g/mol. The van der Waals surface area contributed by atoms with E-state index < -0.39 is 0 Å². The van der Waals surface area contributed by atoms with Gasteiger partial charge in [0.15, 0.2) is 17.1 Å². The third-order valence-electron chi connectivity index (χ3n) is 3.01. The number of benzene rings is 1. The van der Waals surface area contributed by atoms with Crippen molar-refractivity contribution >= 4 is 58.5 Å². The zero-order valence-corrected chi connectivity index (χ0v) is 16.7. The molecule has 0 saturated carbocycles. The Hall–Kier alpha value is -2.20. The van der Waals surface area contributed by atoms with Gasteiger partial charge in [-0.05, 0) is 22.5 Å². The van der Waals surface area contributed by atoms with Crippen molar-refractivity contribution in [1.29, 1.82) is 0 Å². The fourth-order valence-electron chi connectivity index (χ4n) is 1.83. The molecule has 141 valence electrons. The summed E-state index contributed by atoms with van der Waals surface area (Å²) in [6.45, 7) is 0. The number of ether oxygens (including phenoxy) is 1. The maximum absolute atomic E-state index is 5.86. The Bertz CT molecular complexity index is 863. The zero-order valence-electron chi connectivity index (χ0n) is 14.1. The molecule has 2 aromatic rings. The molecule has 0 amide bonds. The summed E-state index contributed by atoms with van der Waals surface area (Å²) in [6.07, 6.45) is 1.44. The largest absolute Gasteiger partial charge is 2.00 e. The molecule has 2 N–H and O–H groups in total. The van der Waals surface area contributed by atoms with E-state index in [4.69, 9.17) is 34.4 Å². The minimum atomic E-state index is 0. The van der Waals surface area contributed by atoms with Gasteiger partial charge in [-0.2, -0.15) is 10.2 Å². The van der Waals surface area contributed by atoms with Crippen molar-refractivity contribution < 1.29 is 26.2 Å². The van der Waals surface area contributed by atoms with Gasteiger partial charge in [-0.1, -0.05) is 12.1 Å². The summed E-state index contributed by atoms with van der Waals surface area (Å²) in [7, 11) is 4.71.